The summed E-state index contributed by atoms with van der Waals surface area (Å²) >= 11 is 0. The van der Waals surface area contributed by atoms with Crippen molar-refractivity contribution in [3.05, 3.63) is 35.7 Å². The highest BCUT2D eigenvalue weighted by Crippen LogP contribution is 2.39. The molecule has 0 spiro atoms. The average Bonchev–Trinajstić information content (AvgIpc) is 3.05. The Bertz CT molecular complexity index is 798. The lowest BCUT2D eigenvalue weighted by Gasteiger charge is -2.22. The maximum Gasteiger partial charge on any atom is 0.290 e. The van der Waals surface area contributed by atoms with E-state index in [-0.39, 0.29) is 29.7 Å². The largest absolute Gasteiger partial charge is 0.355 e. The van der Waals surface area contributed by atoms with Gasteiger partial charge >= 0.3 is 0 Å². The van der Waals surface area contributed by atoms with Crippen molar-refractivity contribution in [3.63, 3.8) is 0 Å². The molecule has 1 saturated heterocycles. The number of amides is 2. The van der Waals surface area contributed by atoms with Crippen molar-refractivity contribution in [3.8, 4) is 0 Å². The van der Waals surface area contributed by atoms with Gasteiger partial charge in [-0.1, -0.05) is 5.16 Å². The van der Waals surface area contributed by atoms with Crippen molar-refractivity contribution in [1.29, 1.82) is 0 Å². The number of aromatic nitrogens is 3. The number of imidazole rings is 1. The second-order valence-corrected chi connectivity index (χ2v) is 7.17. The van der Waals surface area contributed by atoms with E-state index in [9.17, 15) is 9.59 Å². The Morgan fingerprint density at radius 3 is 2.96 bits per heavy atom. The van der Waals surface area contributed by atoms with Crippen LogP contribution in [0.25, 0.3) is 0 Å². The van der Waals surface area contributed by atoms with E-state index in [2.05, 4.69) is 25.8 Å². The van der Waals surface area contributed by atoms with Crippen molar-refractivity contribution in [2.24, 2.45) is 0 Å². The summed E-state index contributed by atoms with van der Waals surface area (Å²) in [6, 6.07) is 1.27. The number of hydrogen-bond acceptors (Lipinski definition) is 6. The molecular weight excluding hydrogens is 348 g/mol. The van der Waals surface area contributed by atoms with Crippen LogP contribution in [-0.4, -0.2) is 57.0 Å². The molecule has 4 rings (SSSR count). The fourth-order valence-electron chi connectivity index (χ4n) is 3.55. The van der Waals surface area contributed by atoms with Crippen LogP contribution in [0.4, 0.5) is 0 Å². The zero-order valence-electron chi connectivity index (χ0n) is 15.3. The summed E-state index contributed by atoms with van der Waals surface area (Å²) in [6.07, 6.45) is 6.19. The standard InChI is InChI=1S/C18H24N6O3/c1-2-19-17(25)14-7-12(9-24(14)10-16-20-5-6-21-16)22-18(26)15-8-13(23-27-15)11-3-4-11/h5-6,8,11-12,14H,2-4,7,9-10H2,1H3,(H,19,25)(H,20,21)(H,22,26)/t12-,14-/m0/s1. The minimum Gasteiger partial charge on any atom is -0.355 e. The number of nitrogens with zero attached hydrogens (tertiary/aromatic N) is 3. The van der Waals surface area contributed by atoms with Crippen LogP contribution in [0, 0.1) is 0 Å². The fraction of sp³-hybridized carbons (Fsp3) is 0.556. The molecule has 3 heterocycles. The molecule has 3 N–H and O–H groups in total. The number of hydrogen-bond donors (Lipinski definition) is 3. The molecule has 1 aliphatic carbocycles. The summed E-state index contributed by atoms with van der Waals surface area (Å²) in [5, 5.41) is 9.84. The first-order valence-electron chi connectivity index (χ1n) is 9.41. The quantitative estimate of drug-likeness (QED) is 0.661. The molecule has 0 unspecified atom stereocenters. The highest BCUT2D eigenvalue weighted by Gasteiger charge is 2.38. The Hall–Kier alpha value is -2.68. The lowest BCUT2D eigenvalue weighted by atomic mass is 10.1. The highest BCUT2D eigenvalue weighted by atomic mass is 16.5. The smallest absolute Gasteiger partial charge is 0.290 e. The van der Waals surface area contributed by atoms with Crippen LogP contribution in [0.3, 0.4) is 0 Å². The average molecular weight is 372 g/mol. The number of aromatic amines is 1. The van der Waals surface area contributed by atoms with E-state index in [1.54, 1.807) is 18.5 Å². The Balaban J connectivity index is 1.41. The lowest BCUT2D eigenvalue weighted by Crippen LogP contribution is -2.42. The summed E-state index contributed by atoms with van der Waals surface area (Å²) in [6.45, 7) is 3.56. The van der Waals surface area contributed by atoms with Crippen molar-refractivity contribution in [2.75, 3.05) is 13.1 Å². The number of H-pyrrole nitrogens is 1. The Morgan fingerprint density at radius 2 is 2.26 bits per heavy atom. The normalized spacial score (nSPS) is 22.7. The third kappa shape index (κ3) is 4.02. The molecule has 9 heteroatoms. The Kier molecular flexibility index (Phi) is 4.93. The minimum absolute atomic E-state index is 0.0310. The molecule has 2 aliphatic rings. The van der Waals surface area contributed by atoms with Crippen LogP contribution < -0.4 is 10.6 Å². The maximum absolute atomic E-state index is 12.5. The molecule has 27 heavy (non-hydrogen) atoms. The summed E-state index contributed by atoms with van der Waals surface area (Å²) in [4.78, 5) is 34.3. The van der Waals surface area contributed by atoms with Crippen LogP contribution in [0.5, 0.6) is 0 Å². The highest BCUT2D eigenvalue weighted by molar-refractivity contribution is 5.92. The molecule has 144 valence electrons. The number of likely N-dealkylation sites (N-methyl/N-ethyl adjacent to an activating group) is 1. The van der Waals surface area contributed by atoms with Crippen LogP contribution in [0.15, 0.2) is 23.0 Å². The molecule has 2 aromatic heterocycles. The molecule has 1 saturated carbocycles. The first-order chi connectivity index (χ1) is 13.1. The molecule has 2 atom stereocenters. The second kappa shape index (κ2) is 7.51. The predicted octanol–water partition coefficient (Wildman–Crippen LogP) is 0.784. The van der Waals surface area contributed by atoms with Gasteiger partial charge in [-0.3, -0.25) is 14.5 Å². The van der Waals surface area contributed by atoms with Gasteiger partial charge in [-0.25, -0.2) is 4.98 Å². The van der Waals surface area contributed by atoms with Crippen molar-refractivity contribution in [2.45, 2.75) is 50.7 Å². The van der Waals surface area contributed by atoms with Gasteiger partial charge in [0.15, 0.2) is 0 Å². The monoisotopic (exact) mass is 372 g/mol. The molecule has 2 aromatic rings. The molecule has 2 amide bonds. The Labute approximate surface area is 156 Å². The zero-order chi connectivity index (χ0) is 18.8. The summed E-state index contributed by atoms with van der Waals surface area (Å²) in [5.74, 6) is 1.15. The van der Waals surface area contributed by atoms with Gasteiger partial charge in [0.1, 0.15) is 5.82 Å². The first-order valence-corrected chi connectivity index (χ1v) is 9.41. The molecule has 9 nitrogen and oxygen atoms in total. The number of likely N-dealkylation sites (tertiary alicyclic amines) is 1. The third-order valence-electron chi connectivity index (χ3n) is 5.05. The SMILES string of the molecule is CCNC(=O)[C@@H]1C[C@H](NC(=O)c2cc(C3CC3)no2)CN1Cc1ncc[nH]1. The molecule has 2 fully saturated rings. The van der Waals surface area contributed by atoms with Crippen LogP contribution in [0.1, 0.15) is 54.2 Å². The number of carbonyl (C=O) groups is 2. The van der Waals surface area contributed by atoms with Crippen LogP contribution in [-0.2, 0) is 11.3 Å². The molecule has 0 aromatic carbocycles. The number of rotatable bonds is 7. The van der Waals surface area contributed by atoms with Crippen molar-refractivity contribution >= 4 is 11.8 Å². The summed E-state index contributed by atoms with van der Waals surface area (Å²) in [7, 11) is 0. The fourth-order valence-corrected chi connectivity index (χ4v) is 3.55. The Morgan fingerprint density at radius 1 is 1.41 bits per heavy atom. The van der Waals surface area contributed by atoms with Gasteiger partial charge in [0.25, 0.3) is 5.91 Å². The lowest BCUT2D eigenvalue weighted by molar-refractivity contribution is -0.125. The van der Waals surface area contributed by atoms with E-state index in [1.165, 1.54) is 0 Å². The summed E-state index contributed by atoms with van der Waals surface area (Å²) in [5.41, 5.74) is 0.853. The third-order valence-corrected chi connectivity index (χ3v) is 5.05. The molecule has 1 aliphatic heterocycles. The maximum atomic E-state index is 12.5. The second-order valence-electron chi connectivity index (χ2n) is 7.17. The van der Waals surface area contributed by atoms with E-state index in [0.29, 0.717) is 32.0 Å². The van der Waals surface area contributed by atoms with Gasteiger partial charge in [0, 0.05) is 43.5 Å². The van der Waals surface area contributed by atoms with Crippen molar-refractivity contribution in [1.82, 2.24) is 30.7 Å². The molecule has 0 radical (unpaired) electrons. The van der Waals surface area contributed by atoms with Gasteiger partial charge in [0.05, 0.1) is 18.3 Å². The van der Waals surface area contributed by atoms with Gasteiger partial charge in [-0.15, -0.1) is 0 Å². The number of nitrogens with one attached hydrogen (secondary N) is 3. The van der Waals surface area contributed by atoms with Gasteiger partial charge in [-0.05, 0) is 26.2 Å². The van der Waals surface area contributed by atoms with E-state index in [1.807, 2.05) is 11.8 Å². The zero-order valence-corrected chi connectivity index (χ0v) is 15.3. The molecular formula is C18H24N6O3. The predicted molar refractivity (Wildman–Crippen MR) is 95.8 cm³/mol. The minimum atomic E-state index is -0.308. The van der Waals surface area contributed by atoms with Gasteiger partial charge < -0.3 is 20.1 Å². The molecule has 0 bridgehead atoms. The number of carbonyl (C=O) groups excluding carboxylic acids is 2. The van der Waals surface area contributed by atoms with Crippen LogP contribution >= 0.6 is 0 Å². The van der Waals surface area contributed by atoms with Gasteiger partial charge in [0.2, 0.25) is 11.7 Å². The van der Waals surface area contributed by atoms with E-state index >= 15 is 0 Å². The summed E-state index contributed by atoms with van der Waals surface area (Å²) < 4.78 is 5.19. The van der Waals surface area contributed by atoms with E-state index < -0.39 is 0 Å². The first kappa shape index (κ1) is 17.7. The van der Waals surface area contributed by atoms with Crippen molar-refractivity contribution < 1.29 is 14.1 Å². The van der Waals surface area contributed by atoms with E-state index in [0.717, 1.165) is 24.4 Å². The van der Waals surface area contributed by atoms with E-state index in [4.69, 9.17) is 4.52 Å². The van der Waals surface area contributed by atoms with Gasteiger partial charge in [-0.2, -0.15) is 0 Å². The topological polar surface area (TPSA) is 116 Å². The van der Waals surface area contributed by atoms with Crippen LogP contribution in [0.2, 0.25) is 0 Å².